The highest BCUT2D eigenvalue weighted by atomic mass is 19.2. The van der Waals surface area contributed by atoms with Crippen LogP contribution in [-0.4, -0.2) is 23.7 Å². The lowest BCUT2D eigenvalue weighted by molar-refractivity contribution is 0.0690. The lowest BCUT2D eigenvalue weighted by atomic mass is 9.97. The van der Waals surface area contributed by atoms with Gasteiger partial charge in [0, 0.05) is 12.6 Å². The highest BCUT2D eigenvalue weighted by Crippen LogP contribution is 2.31. The second-order valence-corrected chi connectivity index (χ2v) is 5.20. The van der Waals surface area contributed by atoms with Crippen LogP contribution in [0.4, 0.5) is 14.5 Å². The number of hydrogen-bond acceptors (Lipinski definition) is 2. The van der Waals surface area contributed by atoms with Crippen LogP contribution in [0.15, 0.2) is 12.1 Å². The van der Waals surface area contributed by atoms with Crippen molar-refractivity contribution in [3.63, 3.8) is 0 Å². The number of nitrogens with zero attached hydrogens (tertiary/aromatic N) is 1. The van der Waals surface area contributed by atoms with E-state index in [9.17, 15) is 13.6 Å². The molecule has 0 aliphatic carbocycles. The average Bonchev–Trinajstić information content (AvgIpc) is 2.43. The summed E-state index contributed by atoms with van der Waals surface area (Å²) in [5, 5.41) is 8.81. The highest BCUT2D eigenvalue weighted by molar-refractivity contribution is 5.88. The number of hydrogen-bond donors (Lipinski definition) is 1. The molecule has 0 radical (unpaired) electrons. The maximum Gasteiger partial charge on any atom is 0.338 e. The molecule has 0 spiro atoms. The van der Waals surface area contributed by atoms with E-state index >= 15 is 0 Å². The standard InChI is InChI=1S/C15H19F2NO2/c1-2-5-10-6-3-4-9-18(10)12-8-7-11(15(19)20)13(16)14(12)17/h7-8,10H,2-6,9H2,1H3,(H,19,20). The van der Waals surface area contributed by atoms with Crippen LogP contribution in [0.5, 0.6) is 0 Å². The Labute approximate surface area is 117 Å². The Morgan fingerprint density at radius 2 is 2.10 bits per heavy atom. The Kier molecular flexibility index (Phi) is 4.57. The van der Waals surface area contributed by atoms with Gasteiger partial charge in [-0.05, 0) is 37.8 Å². The lowest BCUT2D eigenvalue weighted by Gasteiger charge is -2.37. The van der Waals surface area contributed by atoms with Crippen molar-refractivity contribution in [3.05, 3.63) is 29.3 Å². The maximum absolute atomic E-state index is 14.1. The van der Waals surface area contributed by atoms with Crippen LogP contribution in [0.25, 0.3) is 0 Å². The van der Waals surface area contributed by atoms with Crippen molar-refractivity contribution in [3.8, 4) is 0 Å². The Balaban J connectivity index is 2.36. The first kappa shape index (κ1) is 14.8. The predicted molar refractivity (Wildman–Crippen MR) is 73.2 cm³/mol. The maximum atomic E-state index is 14.1. The molecule has 3 nitrogen and oxygen atoms in total. The molecule has 1 atom stereocenters. The summed E-state index contributed by atoms with van der Waals surface area (Å²) in [6, 6.07) is 2.74. The summed E-state index contributed by atoms with van der Waals surface area (Å²) in [6.07, 6.45) is 4.93. The van der Waals surface area contributed by atoms with Crippen LogP contribution in [0.3, 0.4) is 0 Å². The quantitative estimate of drug-likeness (QED) is 0.913. The highest BCUT2D eigenvalue weighted by Gasteiger charge is 2.27. The van der Waals surface area contributed by atoms with Crippen LogP contribution >= 0.6 is 0 Å². The average molecular weight is 283 g/mol. The summed E-state index contributed by atoms with van der Waals surface area (Å²) in [7, 11) is 0. The molecule has 0 aromatic heterocycles. The Morgan fingerprint density at radius 3 is 2.75 bits per heavy atom. The van der Waals surface area contributed by atoms with Crippen LogP contribution in [0, 0.1) is 11.6 Å². The summed E-state index contributed by atoms with van der Waals surface area (Å²) < 4.78 is 27.9. The molecule has 1 aromatic rings. The molecule has 0 bridgehead atoms. The van der Waals surface area contributed by atoms with E-state index in [1.807, 2.05) is 4.90 Å². The zero-order valence-electron chi connectivity index (χ0n) is 11.5. The fraction of sp³-hybridized carbons (Fsp3) is 0.533. The van der Waals surface area contributed by atoms with Crippen molar-refractivity contribution in [2.24, 2.45) is 0 Å². The minimum atomic E-state index is -1.45. The van der Waals surface area contributed by atoms with E-state index < -0.39 is 23.2 Å². The molecule has 1 N–H and O–H groups in total. The molecular weight excluding hydrogens is 264 g/mol. The number of carboxylic acids is 1. The largest absolute Gasteiger partial charge is 0.478 e. The molecule has 1 fully saturated rings. The Hall–Kier alpha value is -1.65. The number of benzene rings is 1. The molecule has 0 amide bonds. The summed E-state index contributed by atoms with van der Waals surface area (Å²) in [4.78, 5) is 12.7. The van der Waals surface area contributed by atoms with Gasteiger partial charge in [0.1, 0.15) is 0 Å². The number of halogens is 2. The molecule has 1 saturated heterocycles. The molecule has 5 heteroatoms. The summed E-state index contributed by atoms with van der Waals surface area (Å²) >= 11 is 0. The monoisotopic (exact) mass is 283 g/mol. The molecular formula is C15H19F2NO2. The van der Waals surface area contributed by atoms with Crippen molar-refractivity contribution in [2.75, 3.05) is 11.4 Å². The smallest absolute Gasteiger partial charge is 0.338 e. The second-order valence-electron chi connectivity index (χ2n) is 5.20. The first-order valence-corrected chi connectivity index (χ1v) is 7.04. The fourth-order valence-corrected chi connectivity index (χ4v) is 2.88. The zero-order chi connectivity index (χ0) is 14.7. The molecule has 1 heterocycles. The molecule has 110 valence electrons. The first-order chi connectivity index (χ1) is 9.56. The van der Waals surface area contributed by atoms with Crippen LogP contribution < -0.4 is 4.90 Å². The molecule has 1 aliphatic heterocycles. The third kappa shape index (κ3) is 2.76. The topological polar surface area (TPSA) is 40.5 Å². The van der Waals surface area contributed by atoms with E-state index in [-0.39, 0.29) is 11.7 Å². The van der Waals surface area contributed by atoms with Crippen molar-refractivity contribution in [1.82, 2.24) is 0 Å². The van der Waals surface area contributed by atoms with Gasteiger partial charge in [0.15, 0.2) is 11.6 Å². The predicted octanol–water partition coefficient (Wildman–Crippen LogP) is 3.82. The van der Waals surface area contributed by atoms with E-state index in [1.54, 1.807) is 0 Å². The van der Waals surface area contributed by atoms with Gasteiger partial charge in [-0.25, -0.2) is 13.6 Å². The minimum absolute atomic E-state index is 0.186. The van der Waals surface area contributed by atoms with E-state index in [0.717, 1.165) is 38.2 Å². The van der Waals surface area contributed by atoms with Gasteiger partial charge < -0.3 is 10.0 Å². The lowest BCUT2D eigenvalue weighted by Crippen LogP contribution is -2.40. The zero-order valence-corrected chi connectivity index (χ0v) is 11.5. The van der Waals surface area contributed by atoms with Gasteiger partial charge in [0.05, 0.1) is 11.3 Å². The molecule has 1 unspecified atom stereocenters. The summed E-state index contributed by atoms with van der Waals surface area (Å²) in [6.45, 7) is 2.75. The van der Waals surface area contributed by atoms with Gasteiger partial charge in [-0.2, -0.15) is 0 Å². The number of carboxylic acid groups (broad SMARTS) is 1. The van der Waals surface area contributed by atoms with Crippen molar-refractivity contribution >= 4 is 11.7 Å². The third-order valence-corrected chi connectivity index (χ3v) is 3.85. The minimum Gasteiger partial charge on any atom is -0.478 e. The van der Waals surface area contributed by atoms with E-state index in [4.69, 9.17) is 5.11 Å². The molecule has 20 heavy (non-hydrogen) atoms. The van der Waals surface area contributed by atoms with Gasteiger partial charge in [0.25, 0.3) is 0 Å². The van der Waals surface area contributed by atoms with Crippen LogP contribution in [0.1, 0.15) is 49.4 Å². The molecule has 1 aliphatic rings. The number of rotatable bonds is 4. The Bertz CT molecular complexity index is 503. The molecule has 0 saturated carbocycles. The molecule has 2 rings (SSSR count). The first-order valence-electron chi connectivity index (χ1n) is 7.04. The number of carbonyl (C=O) groups is 1. The third-order valence-electron chi connectivity index (χ3n) is 3.85. The number of aromatic carboxylic acids is 1. The summed E-state index contributed by atoms with van der Waals surface area (Å²) in [5.74, 6) is -3.76. The van der Waals surface area contributed by atoms with Gasteiger partial charge >= 0.3 is 5.97 Å². The van der Waals surface area contributed by atoms with Gasteiger partial charge in [0.2, 0.25) is 0 Å². The fourth-order valence-electron chi connectivity index (χ4n) is 2.88. The van der Waals surface area contributed by atoms with E-state index in [0.29, 0.717) is 6.54 Å². The van der Waals surface area contributed by atoms with Crippen LogP contribution in [-0.2, 0) is 0 Å². The van der Waals surface area contributed by atoms with Gasteiger partial charge in [-0.3, -0.25) is 0 Å². The van der Waals surface area contributed by atoms with E-state index in [1.165, 1.54) is 6.07 Å². The SMILES string of the molecule is CCCC1CCCCN1c1ccc(C(=O)O)c(F)c1F. The molecule has 1 aromatic carbocycles. The second kappa shape index (κ2) is 6.20. The summed E-state index contributed by atoms with van der Waals surface area (Å²) in [5.41, 5.74) is -0.430. The normalized spacial score (nSPS) is 19.1. The van der Waals surface area contributed by atoms with Crippen molar-refractivity contribution in [2.45, 2.75) is 45.1 Å². The van der Waals surface area contributed by atoms with E-state index in [2.05, 4.69) is 6.92 Å². The number of piperidine rings is 1. The van der Waals surface area contributed by atoms with Gasteiger partial charge in [-0.15, -0.1) is 0 Å². The number of anilines is 1. The van der Waals surface area contributed by atoms with Crippen molar-refractivity contribution < 1.29 is 18.7 Å². The van der Waals surface area contributed by atoms with Crippen molar-refractivity contribution in [1.29, 1.82) is 0 Å². The van der Waals surface area contributed by atoms with Crippen LogP contribution in [0.2, 0.25) is 0 Å². The Morgan fingerprint density at radius 1 is 1.35 bits per heavy atom. The van der Waals surface area contributed by atoms with Gasteiger partial charge in [-0.1, -0.05) is 13.3 Å².